The maximum absolute atomic E-state index is 12.8. The van der Waals surface area contributed by atoms with Crippen LogP contribution < -0.4 is 5.32 Å². The summed E-state index contributed by atoms with van der Waals surface area (Å²) in [5, 5.41) is 3.20. The quantitative estimate of drug-likeness (QED) is 0.543. The van der Waals surface area contributed by atoms with Gasteiger partial charge in [-0.25, -0.2) is 9.97 Å². The molecule has 2 unspecified atom stereocenters. The van der Waals surface area contributed by atoms with Crippen molar-refractivity contribution in [3.8, 4) is 11.3 Å². The summed E-state index contributed by atoms with van der Waals surface area (Å²) in [5.41, 5.74) is 3.54. The molecule has 7 heteroatoms. The molecule has 2 atom stereocenters. The van der Waals surface area contributed by atoms with E-state index in [2.05, 4.69) is 27.2 Å². The van der Waals surface area contributed by atoms with Crippen LogP contribution in [0.25, 0.3) is 22.4 Å². The molecule has 4 aromatic rings. The van der Waals surface area contributed by atoms with Crippen LogP contribution in [0, 0.1) is 0 Å². The third-order valence-corrected chi connectivity index (χ3v) is 5.79. The topological polar surface area (TPSA) is 87.1 Å². The van der Waals surface area contributed by atoms with Crippen LogP contribution in [0.15, 0.2) is 65.5 Å². The number of hydrogen-bond donors (Lipinski definition) is 2. The van der Waals surface area contributed by atoms with Crippen LogP contribution in [0.4, 0.5) is 0 Å². The number of likely N-dealkylation sites (tertiary alicyclic amines) is 1. The lowest BCUT2D eigenvalue weighted by molar-refractivity contribution is 0.0884. The van der Waals surface area contributed by atoms with Crippen LogP contribution >= 0.6 is 0 Å². The molecule has 1 aliphatic rings. The van der Waals surface area contributed by atoms with E-state index < -0.39 is 0 Å². The number of imidazole rings is 1. The summed E-state index contributed by atoms with van der Waals surface area (Å²) in [4.78, 5) is 27.2. The smallest absolute Gasteiger partial charge is 0.251 e. The van der Waals surface area contributed by atoms with Gasteiger partial charge in [-0.2, -0.15) is 0 Å². The van der Waals surface area contributed by atoms with E-state index in [0.717, 1.165) is 41.8 Å². The van der Waals surface area contributed by atoms with Gasteiger partial charge in [-0.15, -0.1) is 0 Å². The summed E-state index contributed by atoms with van der Waals surface area (Å²) in [6.07, 6.45) is 4.79. The van der Waals surface area contributed by atoms with Gasteiger partial charge in [0.2, 0.25) is 0 Å². The average Bonchev–Trinajstić information content (AvgIpc) is 3.45. The first-order valence-electron chi connectivity index (χ1n) is 10.1. The molecule has 0 radical (unpaired) electrons. The van der Waals surface area contributed by atoms with Crippen molar-refractivity contribution in [1.82, 2.24) is 25.2 Å². The van der Waals surface area contributed by atoms with Crippen molar-refractivity contribution in [3.05, 3.63) is 72.5 Å². The minimum Gasteiger partial charge on any atom is -0.444 e. The second kappa shape index (κ2) is 7.76. The third-order valence-electron chi connectivity index (χ3n) is 5.79. The van der Waals surface area contributed by atoms with Gasteiger partial charge in [0.1, 0.15) is 5.82 Å². The number of amides is 1. The van der Waals surface area contributed by atoms with E-state index in [4.69, 9.17) is 9.40 Å². The number of carbonyl (C=O) groups is 1. The number of carbonyl (C=O) groups excluding carboxylic acids is 1. The van der Waals surface area contributed by atoms with Crippen LogP contribution in [0.1, 0.15) is 35.1 Å². The Hall–Kier alpha value is -3.45. The Morgan fingerprint density at radius 2 is 2.03 bits per heavy atom. The van der Waals surface area contributed by atoms with E-state index in [1.165, 1.54) is 6.39 Å². The highest BCUT2D eigenvalue weighted by atomic mass is 16.3. The maximum atomic E-state index is 12.8. The molecule has 30 heavy (non-hydrogen) atoms. The molecule has 1 fully saturated rings. The van der Waals surface area contributed by atoms with Crippen molar-refractivity contribution in [3.63, 3.8) is 0 Å². The number of aromatic nitrogens is 3. The van der Waals surface area contributed by atoms with Crippen molar-refractivity contribution >= 4 is 16.9 Å². The SMILES string of the molecule is CN1CCC(NC(=O)c2ccc(-c3cnco3)cc2)CC1c1nc2ccccc2[nH]1. The zero-order chi connectivity index (χ0) is 20.5. The average molecular weight is 401 g/mol. The van der Waals surface area contributed by atoms with Crippen LogP contribution in [0.3, 0.4) is 0 Å². The Balaban J connectivity index is 1.28. The van der Waals surface area contributed by atoms with Gasteiger partial charge in [0.25, 0.3) is 5.91 Å². The first-order chi connectivity index (χ1) is 14.7. The first kappa shape index (κ1) is 18.6. The largest absolute Gasteiger partial charge is 0.444 e. The Bertz CT molecular complexity index is 1120. The number of oxazole rings is 1. The molecule has 2 aromatic carbocycles. The summed E-state index contributed by atoms with van der Waals surface area (Å²) in [6.45, 7) is 0.900. The minimum atomic E-state index is -0.0583. The molecule has 5 rings (SSSR count). The highest BCUT2D eigenvalue weighted by Crippen LogP contribution is 2.29. The first-order valence-corrected chi connectivity index (χ1v) is 10.1. The van der Waals surface area contributed by atoms with Gasteiger partial charge >= 0.3 is 0 Å². The fourth-order valence-electron chi connectivity index (χ4n) is 4.08. The molecule has 0 spiro atoms. The normalized spacial score (nSPS) is 19.8. The van der Waals surface area contributed by atoms with E-state index in [9.17, 15) is 4.79 Å². The molecule has 3 heterocycles. The second-order valence-electron chi connectivity index (χ2n) is 7.77. The molecule has 152 valence electrons. The lowest BCUT2D eigenvalue weighted by atomic mass is 9.96. The molecule has 7 nitrogen and oxygen atoms in total. The monoisotopic (exact) mass is 401 g/mol. The maximum Gasteiger partial charge on any atom is 0.251 e. The number of fused-ring (bicyclic) bond motifs is 1. The third kappa shape index (κ3) is 3.59. The van der Waals surface area contributed by atoms with Gasteiger partial charge in [-0.05, 0) is 44.2 Å². The highest BCUT2D eigenvalue weighted by molar-refractivity contribution is 5.94. The molecule has 0 bridgehead atoms. The number of piperidine rings is 1. The fourth-order valence-corrected chi connectivity index (χ4v) is 4.08. The van der Waals surface area contributed by atoms with E-state index in [-0.39, 0.29) is 18.0 Å². The molecule has 1 amide bonds. The van der Waals surface area contributed by atoms with Crippen molar-refractivity contribution < 1.29 is 9.21 Å². The number of rotatable bonds is 4. The van der Waals surface area contributed by atoms with Crippen LogP contribution in [0.5, 0.6) is 0 Å². The zero-order valence-electron chi connectivity index (χ0n) is 16.7. The van der Waals surface area contributed by atoms with Gasteiger partial charge in [0, 0.05) is 23.7 Å². The van der Waals surface area contributed by atoms with Crippen molar-refractivity contribution in [2.75, 3.05) is 13.6 Å². The summed E-state index contributed by atoms with van der Waals surface area (Å²) in [6, 6.07) is 15.7. The number of nitrogens with zero attached hydrogens (tertiary/aromatic N) is 3. The molecule has 0 saturated carbocycles. The summed E-state index contributed by atoms with van der Waals surface area (Å²) in [7, 11) is 2.11. The van der Waals surface area contributed by atoms with Crippen molar-refractivity contribution in [1.29, 1.82) is 0 Å². The number of nitrogens with one attached hydrogen (secondary N) is 2. The fraction of sp³-hybridized carbons (Fsp3) is 0.261. The van der Waals surface area contributed by atoms with Gasteiger partial charge in [0.05, 0.1) is 23.3 Å². The second-order valence-corrected chi connectivity index (χ2v) is 7.77. The minimum absolute atomic E-state index is 0.0583. The molecular formula is C23H23N5O2. The Morgan fingerprint density at radius 3 is 2.80 bits per heavy atom. The standard InChI is InChI=1S/C23H23N5O2/c1-28-11-10-17(12-20(28)22-26-18-4-2-3-5-19(18)27-22)25-23(29)16-8-6-15(7-9-16)21-13-24-14-30-21/h2-9,13-14,17,20H,10-12H2,1H3,(H,25,29)(H,26,27). The van der Waals surface area contributed by atoms with Crippen LogP contribution in [0.2, 0.25) is 0 Å². The van der Waals surface area contributed by atoms with Crippen LogP contribution in [-0.4, -0.2) is 45.4 Å². The number of benzene rings is 2. The summed E-state index contributed by atoms with van der Waals surface area (Å²) < 4.78 is 5.30. The zero-order valence-corrected chi connectivity index (χ0v) is 16.7. The van der Waals surface area contributed by atoms with Gasteiger partial charge in [-0.3, -0.25) is 9.69 Å². The van der Waals surface area contributed by atoms with Crippen molar-refractivity contribution in [2.45, 2.75) is 24.9 Å². The van der Waals surface area contributed by atoms with Gasteiger partial charge < -0.3 is 14.7 Å². The molecular weight excluding hydrogens is 378 g/mol. The lowest BCUT2D eigenvalue weighted by Gasteiger charge is -2.36. The number of para-hydroxylation sites is 2. The van der Waals surface area contributed by atoms with E-state index in [0.29, 0.717) is 11.3 Å². The van der Waals surface area contributed by atoms with E-state index in [1.54, 1.807) is 6.20 Å². The molecule has 2 aromatic heterocycles. The molecule has 1 saturated heterocycles. The number of aromatic amines is 1. The molecule has 0 aliphatic carbocycles. The predicted octanol–water partition coefficient (Wildman–Crippen LogP) is 3.78. The number of hydrogen-bond acceptors (Lipinski definition) is 5. The lowest BCUT2D eigenvalue weighted by Crippen LogP contribution is -2.45. The molecule has 1 aliphatic heterocycles. The Morgan fingerprint density at radius 1 is 1.20 bits per heavy atom. The molecule has 2 N–H and O–H groups in total. The van der Waals surface area contributed by atoms with E-state index >= 15 is 0 Å². The van der Waals surface area contributed by atoms with Crippen molar-refractivity contribution in [2.24, 2.45) is 0 Å². The highest BCUT2D eigenvalue weighted by Gasteiger charge is 2.30. The van der Waals surface area contributed by atoms with E-state index in [1.807, 2.05) is 48.5 Å². The van der Waals surface area contributed by atoms with Crippen LogP contribution in [-0.2, 0) is 0 Å². The Kier molecular flexibility index (Phi) is 4.80. The summed E-state index contributed by atoms with van der Waals surface area (Å²) in [5.74, 6) is 1.58. The Labute approximate surface area is 174 Å². The summed E-state index contributed by atoms with van der Waals surface area (Å²) >= 11 is 0. The van der Waals surface area contributed by atoms with Gasteiger partial charge in [0.15, 0.2) is 12.2 Å². The predicted molar refractivity (Wildman–Crippen MR) is 114 cm³/mol. The van der Waals surface area contributed by atoms with Gasteiger partial charge in [-0.1, -0.05) is 24.3 Å². The number of H-pyrrole nitrogens is 1.